The number of carbonyl (C=O) groups is 1. The van der Waals surface area contributed by atoms with Crippen LogP contribution in [0.25, 0.3) is 11.3 Å². The number of rotatable bonds is 9. The van der Waals surface area contributed by atoms with Crippen LogP contribution in [0.2, 0.25) is 0 Å². The first-order valence-electron chi connectivity index (χ1n) is 9.79. The third-order valence-corrected chi connectivity index (χ3v) is 6.20. The van der Waals surface area contributed by atoms with Gasteiger partial charge in [-0.15, -0.1) is 0 Å². The van der Waals surface area contributed by atoms with Gasteiger partial charge in [0.15, 0.2) is 0 Å². The van der Waals surface area contributed by atoms with Crippen LogP contribution in [0.1, 0.15) is 31.4 Å². The number of aliphatic carboxylic acids is 1. The largest absolute Gasteiger partial charge is 0.480 e. The molecule has 1 saturated carbocycles. The van der Waals surface area contributed by atoms with E-state index in [-0.39, 0.29) is 13.2 Å². The van der Waals surface area contributed by atoms with Gasteiger partial charge in [0.25, 0.3) is 0 Å². The molecule has 1 fully saturated rings. The van der Waals surface area contributed by atoms with Crippen molar-refractivity contribution in [2.24, 2.45) is 11.8 Å². The van der Waals surface area contributed by atoms with E-state index in [0.717, 1.165) is 53.7 Å². The molecule has 1 aliphatic carbocycles. The number of aromatic nitrogens is 2. The zero-order valence-corrected chi connectivity index (χ0v) is 17.5. The van der Waals surface area contributed by atoms with Gasteiger partial charge in [-0.2, -0.15) is 5.10 Å². The van der Waals surface area contributed by atoms with Crippen molar-refractivity contribution in [1.82, 2.24) is 9.78 Å². The molecule has 0 radical (unpaired) electrons. The number of hydrogen-bond acceptors (Lipinski definition) is 4. The van der Waals surface area contributed by atoms with E-state index in [2.05, 4.69) is 20.6 Å². The van der Waals surface area contributed by atoms with Gasteiger partial charge in [-0.05, 0) is 53.4 Å². The standard InChI is InChI=1S/C21H27BrN2O4/c22-20-18(10-11-25)24(23-21(20)17-4-2-1-3-5-17)12-15-6-8-16(9-7-15)13-28-14-19(26)27/h1-5,15-16,25H,6-14H2,(H,26,27). The molecule has 0 saturated heterocycles. The van der Waals surface area contributed by atoms with Crippen molar-refractivity contribution in [3.05, 3.63) is 40.5 Å². The third-order valence-electron chi connectivity index (χ3n) is 5.37. The fourth-order valence-electron chi connectivity index (χ4n) is 3.89. The topological polar surface area (TPSA) is 84.6 Å². The maximum absolute atomic E-state index is 10.6. The first-order valence-corrected chi connectivity index (χ1v) is 10.6. The zero-order chi connectivity index (χ0) is 19.9. The normalized spacial score (nSPS) is 19.6. The van der Waals surface area contributed by atoms with Crippen molar-refractivity contribution >= 4 is 21.9 Å². The first kappa shape index (κ1) is 21.0. The number of hydrogen-bond donors (Lipinski definition) is 2. The van der Waals surface area contributed by atoms with Crippen molar-refractivity contribution in [3.8, 4) is 11.3 Å². The maximum atomic E-state index is 10.6. The Kier molecular flexibility index (Phi) is 7.65. The average molecular weight is 451 g/mol. The van der Waals surface area contributed by atoms with Crippen molar-refractivity contribution < 1.29 is 19.7 Å². The Morgan fingerprint density at radius 2 is 1.86 bits per heavy atom. The predicted molar refractivity (Wildman–Crippen MR) is 110 cm³/mol. The molecule has 2 N–H and O–H groups in total. The van der Waals surface area contributed by atoms with Gasteiger partial charge in [-0.25, -0.2) is 4.79 Å². The molecule has 6 nitrogen and oxygen atoms in total. The summed E-state index contributed by atoms with van der Waals surface area (Å²) in [6.45, 7) is 1.24. The molecule has 1 heterocycles. The number of aliphatic hydroxyl groups excluding tert-OH is 1. The van der Waals surface area contributed by atoms with Crippen LogP contribution < -0.4 is 0 Å². The average Bonchev–Trinajstić information content (AvgIpc) is 3.00. The fourth-order valence-corrected chi connectivity index (χ4v) is 4.60. The van der Waals surface area contributed by atoms with E-state index in [1.165, 1.54) is 0 Å². The Morgan fingerprint density at radius 3 is 2.50 bits per heavy atom. The lowest BCUT2D eigenvalue weighted by atomic mass is 9.82. The number of ether oxygens (including phenoxy) is 1. The molecular formula is C21H27BrN2O4. The second-order valence-electron chi connectivity index (χ2n) is 7.43. The summed E-state index contributed by atoms with van der Waals surface area (Å²) in [5.74, 6) is 0.0592. The highest BCUT2D eigenvalue weighted by molar-refractivity contribution is 9.10. The number of halogens is 1. The molecular weight excluding hydrogens is 424 g/mol. The minimum Gasteiger partial charge on any atom is -0.480 e. The Morgan fingerprint density at radius 1 is 1.18 bits per heavy atom. The minimum absolute atomic E-state index is 0.0895. The Balaban J connectivity index is 1.63. The van der Waals surface area contributed by atoms with Gasteiger partial charge in [0, 0.05) is 25.1 Å². The summed E-state index contributed by atoms with van der Waals surface area (Å²) in [6, 6.07) is 10.1. The van der Waals surface area contributed by atoms with Crippen LogP contribution >= 0.6 is 15.9 Å². The van der Waals surface area contributed by atoms with E-state index in [0.29, 0.717) is 24.9 Å². The second kappa shape index (κ2) is 10.2. The van der Waals surface area contributed by atoms with Crippen LogP contribution in [0, 0.1) is 11.8 Å². The number of carboxylic acids is 1. The molecule has 0 spiro atoms. The molecule has 152 valence electrons. The van der Waals surface area contributed by atoms with Gasteiger partial charge < -0.3 is 14.9 Å². The molecule has 7 heteroatoms. The fraction of sp³-hybridized carbons (Fsp3) is 0.524. The molecule has 2 aromatic rings. The molecule has 0 atom stereocenters. The van der Waals surface area contributed by atoms with Crippen LogP contribution in [-0.2, 0) is 22.5 Å². The summed E-state index contributed by atoms with van der Waals surface area (Å²) in [4.78, 5) is 10.6. The first-order chi connectivity index (χ1) is 13.6. The summed E-state index contributed by atoms with van der Waals surface area (Å²) >= 11 is 3.70. The van der Waals surface area contributed by atoms with Crippen molar-refractivity contribution in [3.63, 3.8) is 0 Å². The summed E-state index contributed by atoms with van der Waals surface area (Å²) in [7, 11) is 0. The van der Waals surface area contributed by atoms with E-state index < -0.39 is 5.97 Å². The summed E-state index contributed by atoms with van der Waals surface area (Å²) in [5, 5.41) is 23.0. The smallest absolute Gasteiger partial charge is 0.329 e. The lowest BCUT2D eigenvalue weighted by Gasteiger charge is -2.28. The highest BCUT2D eigenvalue weighted by Gasteiger charge is 2.24. The predicted octanol–water partition coefficient (Wildman–Crippen LogP) is 3.76. The molecule has 0 bridgehead atoms. The lowest BCUT2D eigenvalue weighted by Crippen LogP contribution is -2.24. The van der Waals surface area contributed by atoms with Crippen molar-refractivity contribution in [1.29, 1.82) is 0 Å². The summed E-state index contributed by atoms with van der Waals surface area (Å²) in [6.07, 6.45) is 4.83. The van der Waals surface area contributed by atoms with Crippen LogP contribution in [-0.4, -0.2) is 45.8 Å². The van der Waals surface area contributed by atoms with E-state index >= 15 is 0 Å². The molecule has 0 amide bonds. The molecule has 0 unspecified atom stereocenters. The summed E-state index contributed by atoms with van der Waals surface area (Å²) < 4.78 is 8.27. The van der Waals surface area contributed by atoms with Crippen LogP contribution in [0.15, 0.2) is 34.8 Å². The highest BCUT2D eigenvalue weighted by Crippen LogP contribution is 2.34. The van der Waals surface area contributed by atoms with Crippen LogP contribution in [0.5, 0.6) is 0 Å². The van der Waals surface area contributed by atoms with E-state index in [9.17, 15) is 9.90 Å². The molecule has 28 heavy (non-hydrogen) atoms. The molecule has 1 aromatic carbocycles. The van der Waals surface area contributed by atoms with Crippen LogP contribution in [0.4, 0.5) is 0 Å². The van der Waals surface area contributed by atoms with Gasteiger partial charge in [0.2, 0.25) is 0 Å². The monoisotopic (exact) mass is 450 g/mol. The lowest BCUT2D eigenvalue weighted by molar-refractivity contribution is -0.142. The number of nitrogens with zero attached hydrogens (tertiary/aromatic N) is 2. The number of carboxylic acid groups (broad SMARTS) is 1. The van der Waals surface area contributed by atoms with Crippen LogP contribution in [0.3, 0.4) is 0 Å². The third kappa shape index (κ3) is 5.43. The Hall–Kier alpha value is -1.70. The van der Waals surface area contributed by atoms with Gasteiger partial charge >= 0.3 is 5.97 Å². The van der Waals surface area contributed by atoms with Crippen molar-refractivity contribution in [2.45, 2.75) is 38.6 Å². The zero-order valence-electron chi connectivity index (χ0n) is 15.9. The second-order valence-corrected chi connectivity index (χ2v) is 8.22. The highest BCUT2D eigenvalue weighted by atomic mass is 79.9. The summed E-state index contributed by atoms with van der Waals surface area (Å²) in [5.41, 5.74) is 3.01. The van der Waals surface area contributed by atoms with Gasteiger partial charge in [-0.1, -0.05) is 30.3 Å². The number of aliphatic hydroxyl groups is 1. The molecule has 0 aliphatic heterocycles. The van der Waals surface area contributed by atoms with Gasteiger partial charge in [0.1, 0.15) is 12.3 Å². The SMILES string of the molecule is O=C(O)COCC1CCC(Cn2nc(-c3ccccc3)c(Br)c2CCO)CC1. The minimum atomic E-state index is -0.913. The molecule has 1 aliphatic rings. The number of benzene rings is 1. The van der Waals surface area contributed by atoms with E-state index in [4.69, 9.17) is 14.9 Å². The Bertz CT molecular complexity index is 770. The van der Waals surface area contributed by atoms with E-state index in [1.54, 1.807) is 0 Å². The van der Waals surface area contributed by atoms with Crippen molar-refractivity contribution in [2.75, 3.05) is 19.8 Å². The quantitative estimate of drug-likeness (QED) is 0.607. The maximum Gasteiger partial charge on any atom is 0.329 e. The van der Waals surface area contributed by atoms with Gasteiger partial charge in [0.05, 0.1) is 16.8 Å². The molecule has 1 aromatic heterocycles. The Labute approximate surface area is 173 Å². The van der Waals surface area contributed by atoms with E-state index in [1.807, 2.05) is 30.3 Å². The molecule has 3 rings (SSSR count). The van der Waals surface area contributed by atoms with Gasteiger partial charge in [-0.3, -0.25) is 4.68 Å².